The first kappa shape index (κ1) is 6.99. The van der Waals surface area contributed by atoms with Crippen molar-refractivity contribution >= 4 is 0 Å². The van der Waals surface area contributed by atoms with Crippen LogP contribution in [-0.2, 0) is 0 Å². The minimum Gasteiger partial charge on any atom is -0.395 e. The maximum atomic E-state index is 9.16. The third kappa shape index (κ3) is 1.23. The van der Waals surface area contributed by atoms with Gasteiger partial charge in [0.1, 0.15) is 0 Å². The lowest BCUT2D eigenvalue weighted by atomic mass is 10.2. The third-order valence-corrected chi connectivity index (χ3v) is 1.97. The standard InChI is InChI=1S/C6H13NO2/c1-7-3-2-6(9)5(7)4-8/h5-6,8-9H,2-4H2,1H3/t5-,6+/m1/s1. The molecule has 54 valence electrons. The average Bonchev–Trinajstić information content (AvgIpc) is 2.12. The molecule has 0 bridgehead atoms. The van der Waals surface area contributed by atoms with E-state index < -0.39 is 0 Å². The maximum absolute atomic E-state index is 9.16. The molecule has 1 aliphatic rings. The van der Waals surface area contributed by atoms with Gasteiger partial charge in [-0.25, -0.2) is 0 Å². The molecule has 1 fully saturated rings. The Morgan fingerprint density at radius 3 is 2.56 bits per heavy atom. The lowest BCUT2D eigenvalue weighted by Gasteiger charge is -2.18. The molecule has 3 heteroatoms. The van der Waals surface area contributed by atoms with E-state index in [0.717, 1.165) is 13.0 Å². The SMILES string of the molecule is CN1CC[C@H](O)[C@H]1CO. The molecule has 3 nitrogen and oxygen atoms in total. The monoisotopic (exact) mass is 131 g/mol. The average molecular weight is 131 g/mol. The van der Waals surface area contributed by atoms with E-state index in [-0.39, 0.29) is 18.8 Å². The molecule has 1 rings (SSSR count). The first-order chi connectivity index (χ1) is 4.25. The molecule has 1 aliphatic heterocycles. The van der Waals surface area contributed by atoms with E-state index in [4.69, 9.17) is 10.2 Å². The minimum absolute atomic E-state index is 0.0231. The molecule has 2 N–H and O–H groups in total. The molecule has 0 saturated carbocycles. The van der Waals surface area contributed by atoms with Crippen molar-refractivity contribution in [3.63, 3.8) is 0 Å². The van der Waals surface area contributed by atoms with Gasteiger partial charge in [0.05, 0.1) is 18.8 Å². The molecule has 9 heavy (non-hydrogen) atoms. The van der Waals surface area contributed by atoms with Gasteiger partial charge in [-0.15, -0.1) is 0 Å². The first-order valence-electron chi connectivity index (χ1n) is 3.25. The Kier molecular flexibility index (Phi) is 2.05. The molecule has 0 aromatic carbocycles. The molecule has 1 saturated heterocycles. The zero-order valence-electron chi connectivity index (χ0n) is 5.62. The van der Waals surface area contributed by atoms with Crippen LogP contribution in [0.15, 0.2) is 0 Å². The van der Waals surface area contributed by atoms with Crippen LogP contribution in [0.4, 0.5) is 0 Å². The van der Waals surface area contributed by atoms with Crippen LogP contribution < -0.4 is 0 Å². The van der Waals surface area contributed by atoms with Crippen molar-refractivity contribution in [3.05, 3.63) is 0 Å². The summed E-state index contributed by atoms with van der Waals surface area (Å²) in [6.07, 6.45) is 0.474. The molecule has 1 heterocycles. The van der Waals surface area contributed by atoms with Crippen LogP contribution in [-0.4, -0.2) is 47.5 Å². The predicted octanol–water partition coefficient (Wildman–Crippen LogP) is -0.956. The van der Waals surface area contributed by atoms with E-state index in [2.05, 4.69) is 0 Å². The van der Waals surface area contributed by atoms with Gasteiger partial charge < -0.3 is 10.2 Å². The molecule has 0 aromatic rings. The predicted molar refractivity (Wildman–Crippen MR) is 34.1 cm³/mol. The van der Waals surface area contributed by atoms with Crippen LogP contribution >= 0.6 is 0 Å². The summed E-state index contributed by atoms with van der Waals surface area (Å²) in [6, 6.07) is -0.0231. The van der Waals surface area contributed by atoms with Gasteiger partial charge in [0, 0.05) is 6.54 Å². The molecule has 0 aromatic heterocycles. The second-order valence-corrected chi connectivity index (χ2v) is 2.59. The highest BCUT2D eigenvalue weighted by molar-refractivity contribution is 4.83. The number of aliphatic hydroxyl groups is 2. The van der Waals surface area contributed by atoms with Gasteiger partial charge in [-0.1, -0.05) is 0 Å². The van der Waals surface area contributed by atoms with Crippen LogP contribution in [0.2, 0.25) is 0 Å². The van der Waals surface area contributed by atoms with Gasteiger partial charge >= 0.3 is 0 Å². The highest BCUT2D eigenvalue weighted by atomic mass is 16.3. The fourth-order valence-corrected chi connectivity index (χ4v) is 1.25. The van der Waals surface area contributed by atoms with Crippen molar-refractivity contribution in [3.8, 4) is 0 Å². The van der Waals surface area contributed by atoms with Crippen LogP contribution in [0, 0.1) is 0 Å². The molecule has 0 aliphatic carbocycles. The van der Waals surface area contributed by atoms with Gasteiger partial charge in [0.2, 0.25) is 0 Å². The van der Waals surface area contributed by atoms with Gasteiger partial charge in [0.25, 0.3) is 0 Å². The largest absolute Gasteiger partial charge is 0.395 e. The van der Waals surface area contributed by atoms with Crippen LogP contribution in [0.5, 0.6) is 0 Å². The molecule has 0 amide bonds. The Bertz CT molecular complexity index is 87.1. The van der Waals surface area contributed by atoms with E-state index in [0.29, 0.717) is 0 Å². The maximum Gasteiger partial charge on any atom is 0.0729 e. The van der Waals surface area contributed by atoms with Crippen molar-refractivity contribution in [2.24, 2.45) is 0 Å². The number of likely N-dealkylation sites (N-methyl/N-ethyl adjacent to an activating group) is 1. The van der Waals surface area contributed by atoms with E-state index in [1.807, 2.05) is 11.9 Å². The number of rotatable bonds is 1. The second kappa shape index (κ2) is 2.64. The topological polar surface area (TPSA) is 43.7 Å². The zero-order chi connectivity index (χ0) is 6.85. The summed E-state index contributed by atoms with van der Waals surface area (Å²) >= 11 is 0. The number of likely N-dealkylation sites (tertiary alicyclic amines) is 1. The molecule has 0 spiro atoms. The van der Waals surface area contributed by atoms with Crippen LogP contribution in [0.25, 0.3) is 0 Å². The smallest absolute Gasteiger partial charge is 0.0729 e. The fraction of sp³-hybridized carbons (Fsp3) is 1.00. The highest BCUT2D eigenvalue weighted by Gasteiger charge is 2.28. The first-order valence-corrected chi connectivity index (χ1v) is 3.25. The number of aliphatic hydroxyl groups excluding tert-OH is 2. The van der Waals surface area contributed by atoms with Crippen LogP contribution in [0.1, 0.15) is 6.42 Å². The van der Waals surface area contributed by atoms with E-state index in [9.17, 15) is 0 Å². The minimum atomic E-state index is -0.319. The lowest BCUT2D eigenvalue weighted by Crippen LogP contribution is -2.35. The van der Waals surface area contributed by atoms with Gasteiger partial charge in [0.15, 0.2) is 0 Å². The summed E-state index contributed by atoms with van der Waals surface area (Å²) in [5.74, 6) is 0. The summed E-state index contributed by atoms with van der Waals surface area (Å²) in [4.78, 5) is 1.98. The molecule has 2 atom stereocenters. The quantitative estimate of drug-likeness (QED) is 0.482. The third-order valence-electron chi connectivity index (χ3n) is 1.97. The lowest BCUT2D eigenvalue weighted by molar-refractivity contribution is 0.0822. The second-order valence-electron chi connectivity index (χ2n) is 2.59. The molecule has 0 radical (unpaired) electrons. The van der Waals surface area contributed by atoms with Gasteiger partial charge in [-0.2, -0.15) is 0 Å². The summed E-state index contributed by atoms with van der Waals surface area (Å²) in [6.45, 7) is 0.962. The normalized spacial score (nSPS) is 37.7. The Morgan fingerprint density at radius 2 is 2.33 bits per heavy atom. The highest BCUT2D eigenvalue weighted by Crippen LogP contribution is 2.14. The fourth-order valence-electron chi connectivity index (χ4n) is 1.25. The summed E-state index contributed by atoms with van der Waals surface area (Å²) in [5, 5.41) is 17.9. The van der Waals surface area contributed by atoms with E-state index in [1.54, 1.807) is 0 Å². The number of nitrogens with zero attached hydrogens (tertiary/aromatic N) is 1. The zero-order valence-corrected chi connectivity index (χ0v) is 5.62. The Balaban J connectivity index is 2.44. The van der Waals surface area contributed by atoms with E-state index in [1.165, 1.54) is 0 Å². The summed E-state index contributed by atoms with van der Waals surface area (Å²) in [5.41, 5.74) is 0. The molecular formula is C6H13NO2. The van der Waals surface area contributed by atoms with Gasteiger partial charge in [-0.05, 0) is 13.5 Å². The molecular weight excluding hydrogens is 118 g/mol. The van der Waals surface area contributed by atoms with Crippen molar-refractivity contribution in [2.75, 3.05) is 20.2 Å². The Labute approximate surface area is 54.9 Å². The number of hydrogen-bond donors (Lipinski definition) is 2. The Morgan fingerprint density at radius 1 is 1.67 bits per heavy atom. The Hall–Kier alpha value is -0.120. The summed E-state index contributed by atoms with van der Waals surface area (Å²) < 4.78 is 0. The number of hydrogen-bond acceptors (Lipinski definition) is 3. The van der Waals surface area contributed by atoms with Crippen molar-refractivity contribution in [1.82, 2.24) is 4.90 Å². The van der Waals surface area contributed by atoms with Crippen molar-refractivity contribution in [2.45, 2.75) is 18.6 Å². The van der Waals surface area contributed by atoms with Crippen molar-refractivity contribution in [1.29, 1.82) is 0 Å². The summed E-state index contributed by atoms with van der Waals surface area (Å²) in [7, 11) is 1.91. The molecule has 0 unspecified atom stereocenters. The van der Waals surface area contributed by atoms with Gasteiger partial charge in [-0.3, -0.25) is 4.90 Å². The van der Waals surface area contributed by atoms with Crippen molar-refractivity contribution < 1.29 is 10.2 Å². The van der Waals surface area contributed by atoms with Crippen LogP contribution in [0.3, 0.4) is 0 Å². The van der Waals surface area contributed by atoms with E-state index >= 15 is 0 Å².